The normalized spacial score (nSPS) is 11.8. The number of aliphatic imine (C=N–C) groups is 1. The number of aromatic nitrogens is 1. The Morgan fingerprint density at radius 3 is 2.67 bits per heavy atom. The van der Waals surface area contributed by atoms with Crippen LogP contribution in [0.5, 0.6) is 0 Å². The lowest BCUT2D eigenvalue weighted by molar-refractivity contribution is 0.742. The van der Waals surface area contributed by atoms with Gasteiger partial charge in [0.15, 0.2) is 5.96 Å². The average Bonchev–Trinajstić information content (AvgIpc) is 3.06. The van der Waals surface area contributed by atoms with E-state index in [2.05, 4.69) is 77.1 Å². The lowest BCUT2D eigenvalue weighted by atomic mass is 10.1. The third kappa shape index (κ3) is 6.32. The second-order valence-corrected chi connectivity index (χ2v) is 6.93. The van der Waals surface area contributed by atoms with Crippen LogP contribution >= 0.6 is 11.3 Å². The van der Waals surface area contributed by atoms with E-state index in [9.17, 15) is 0 Å². The van der Waals surface area contributed by atoms with E-state index in [0.29, 0.717) is 12.5 Å². The van der Waals surface area contributed by atoms with Crippen LogP contribution in [0.1, 0.15) is 49.4 Å². The molecule has 0 amide bonds. The summed E-state index contributed by atoms with van der Waals surface area (Å²) in [6, 6.07) is 10.6. The molecule has 1 heterocycles. The van der Waals surface area contributed by atoms with Crippen molar-refractivity contribution in [1.82, 2.24) is 15.6 Å². The maximum Gasteiger partial charge on any atom is 0.191 e. The van der Waals surface area contributed by atoms with Crippen LogP contribution in [-0.2, 0) is 13.0 Å². The van der Waals surface area contributed by atoms with E-state index >= 15 is 0 Å². The smallest absolute Gasteiger partial charge is 0.191 e. The molecule has 0 unspecified atom stereocenters. The summed E-state index contributed by atoms with van der Waals surface area (Å²) >= 11 is 1.72. The van der Waals surface area contributed by atoms with Crippen molar-refractivity contribution in [2.24, 2.45) is 4.99 Å². The highest BCUT2D eigenvalue weighted by Crippen LogP contribution is 2.19. The summed E-state index contributed by atoms with van der Waals surface area (Å²) in [4.78, 5) is 9.27. The van der Waals surface area contributed by atoms with E-state index in [1.807, 2.05) is 0 Å². The zero-order valence-corrected chi connectivity index (χ0v) is 15.7. The monoisotopic (exact) mass is 344 g/mol. The fourth-order valence-electron chi connectivity index (χ4n) is 2.31. The van der Waals surface area contributed by atoms with Gasteiger partial charge >= 0.3 is 0 Å². The number of aryl methyl sites for hydroxylation is 1. The molecule has 2 N–H and O–H groups in total. The number of nitrogens with zero attached hydrogens (tertiary/aromatic N) is 2. The molecule has 0 aliphatic heterocycles. The van der Waals surface area contributed by atoms with Crippen molar-refractivity contribution in [1.29, 1.82) is 0 Å². The Morgan fingerprint density at radius 1 is 1.21 bits per heavy atom. The van der Waals surface area contributed by atoms with E-state index in [-0.39, 0.29) is 0 Å². The predicted molar refractivity (Wildman–Crippen MR) is 104 cm³/mol. The first-order chi connectivity index (χ1) is 11.7. The Labute approximate surface area is 149 Å². The topological polar surface area (TPSA) is 49.3 Å². The van der Waals surface area contributed by atoms with E-state index in [1.165, 1.54) is 10.6 Å². The standard InChI is InChI=1S/C19H28N4S/c1-4-20-19(21-12-8-11-16-9-6-5-7-10-16)22-13-17-14-24-18(23-17)15(2)3/h5-7,9-10,14-15H,4,8,11-13H2,1-3H3,(H2,20,21,22). The Hall–Kier alpha value is -1.88. The van der Waals surface area contributed by atoms with Crippen LogP contribution in [0.4, 0.5) is 0 Å². The molecule has 5 heteroatoms. The number of hydrogen-bond acceptors (Lipinski definition) is 3. The van der Waals surface area contributed by atoms with Gasteiger partial charge in [0.2, 0.25) is 0 Å². The zero-order valence-electron chi connectivity index (χ0n) is 14.9. The first-order valence-electron chi connectivity index (χ1n) is 8.69. The molecule has 24 heavy (non-hydrogen) atoms. The molecule has 2 rings (SSSR count). The number of nitrogens with one attached hydrogen (secondary N) is 2. The van der Waals surface area contributed by atoms with Crippen molar-refractivity contribution >= 4 is 17.3 Å². The van der Waals surface area contributed by atoms with Gasteiger partial charge in [-0.3, -0.25) is 0 Å². The fourth-order valence-corrected chi connectivity index (χ4v) is 3.13. The van der Waals surface area contributed by atoms with Gasteiger partial charge in [-0.15, -0.1) is 11.3 Å². The number of benzene rings is 1. The highest BCUT2D eigenvalue weighted by Gasteiger charge is 2.05. The molecule has 2 aromatic rings. The molecule has 0 radical (unpaired) electrons. The Balaban J connectivity index is 1.79. The van der Waals surface area contributed by atoms with Crippen molar-refractivity contribution in [3.05, 3.63) is 52.0 Å². The van der Waals surface area contributed by atoms with Crippen LogP contribution in [0.25, 0.3) is 0 Å². The minimum absolute atomic E-state index is 0.483. The minimum Gasteiger partial charge on any atom is -0.357 e. The molecule has 130 valence electrons. The van der Waals surface area contributed by atoms with Crippen LogP contribution in [0.15, 0.2) is 40.7 Å². The summed E-state index contributed by atoms with van der Waals surface area (Å²) in [5.41, 5.74) is 2.43. The maximum atomic E-state index is 4.64. The van der Waals surface area contributed by atoms with Gasteiger partial charge < -0.3 is 10.6 Å². The lowest BCUT2D eigenvalue weighted by Crippen LogP contribution is -2.37. The Bertz CT molecular complexity index is 619. The van der Waals surface area contributed by atoms with Gasteiger partial charge in [0.25, 0.3) is 0 Å². The molecule has 0 aliphatic carbocycles. The predicted octanol–water partition coefficient (Wildman–Crippen LogP) is 3.95. The maximum absolute atomic E-state index is 4.64. The number of hydrogen-bond donors (Lipinski definition) is 2. The van der Waals surface area contributed by atoms with Gasteiger partial charge in [-0.25, -0.2) is 9.98 Å². The quantitative estimate of drug-likeness (QED) is 0.433. The van der Waals surface area contributed by atoms with Gasteiger partial charge in [-0.2, -0.15) is 0 Å². The molecule has 4 nitrogen and oxygen atoms in total. The van der Waals surface area contributed by atoms with E-state index in [4.69, 9.17) is 0 Å². The molecule has 0 saturated carbocycles. The van der Waals surface area contributed by atoms with Crippen LogP contribution < -0.4 is 10.6 Å². The second kappa shape index (κ2) is 10.1. The molecule has 0 fully saturated rings. The summed E-state index contributed by atoms with van der Waals surface area (Å²) in [5.74, 6) is 1.35. The number of thiazole rings is 1. The molecule has 0 atom stereocenters. The Morgan fingerprint density at radius 2 is 2.00 bits per heavy atom. The number of rotatable bonds is 8. The van der Waals surface area contributed by atoms with Gasteiger partial charge in [0.1, 0.15) is 0 Å². The first-order valence-corrected chi connectivity index (χ1v) is 9.57. The van der Waals surface area contributed by atoms with Crippen molar-refractivity contribution in [2.45, 2.75) is 46.1 Å². The molecule has 0 saturated heterocycles. The largest absolute Gasteiger partial charge is 0.357 e. The summed E-state index contributed by atoms with van der Waals surface area (Å²) in [6.07, 6.45) is 2.17. The average molecular weight is 345 g/mol. The molecular formula is C19H28N4S. The molecule has 0 aliphatic rings. The van der Waals surface area contributed by atoms with E-state index in [0.717, 1.165) is 37.6 Å². The van der Waals surface area contributed by atoms with Crippen molar-refractivity contribution in [2.75, 3.05) is 13.1 Å². The van der Waals surface area contributed by atoms with Crippen LogP contribution in [-0.4, -0.2) is 24.0 Å². The summed E-state index contributed by atoms with van der Waals surface area (Å²) in [7, 11) is 0. The third-order valence-corrected chi connectivity index (χ3v) is 4.78. The van der Waals surface area contributed by atoms with Crippen molar-refractivity contribution < 1.29 is 0 Å². The van der Waals surface area contributed by atoms with E-state index in [1.54, 1.807) is 11.3 Å². The van der Waals surface area contributed by atoms with Crippen molar-refractivity contribution in [3.8, 4) is 0 Å². The molecular weight excluding hydrogens is 316 g/mol. The second-order valence-electron chi connectivity index (χ2n) is 6.04. The SMILES string of the molecule is CCNC(=NCc1csc(C(C)C)n1)NCCCc1ccccc1. The molecule has 0 spiro atoms. The minimum atomic E-state index is 0.483. The van der Waals surface area contributed by atoms with Crippen LogP contribution in [0.3, 0.4) is 0 Å². The Kier molecular flexibility index (Phi) is 7.75. The third-order valence-electron chi connectivity index (χ3n) is 3.58. The molecule has 1 aromatic heterocycles. The highest BCUT2D eigenvalue weighted by atomic mass is 32.1. The van der Waals surface area contributed by atoms with E-state index < -0.39 is 0 Å². The zero-order chi connectivity index (χ0) is 17.2. The molecule has 1 aromatic carbocycles. The number of guanidine groups is 1. The fraction of sp³-hybridized carbons (Fsp3) is 0.474. The van der Waals surface area contributed by atoms with Gasteiger partial charge in [0, 0.05) is 24.4 Å². The van der Waals surface area contributed by atoms with Gasteiger partial charge in [-0.05, 0) is 25.3 Å². The summed E-state index contributed by atoms with van der Waals surface area (Å²) in [6.45, 7) is 8.82. The van der Waals surface area contributed by atoms with Gasteiger partial charge in [0.05, 0.1) is 17.2 Å². The lowest BCUT2D eigenvalue weighted by Gasteiger charge is -2.11. The first kappa shape index (κ1) is 18.5. The summed E-state index contributed by atoms with van der Waals surface area (Å²) in [5, 5.41) is 9.99. The van der Waals surface area contributed by atoms with Crippen LogP contribution in [0, 0.1) is 0 Å². The highest BCUT2D eigenvalue weighted by molar-refractivity contribution is 7.09. The van der Waals surface area contributed by atoms with Gasteiger partial charge in [-0.1, -0.05) is 44.2 Å². The molecule has 0 bridgehead atoms. The van der Waals surface area contributed by atoms with Crippen LogP contribution in [0.2, 0.25) is 0 Å². The van der Waals surface area contributed by atoms with Crippen molar-refractivity contribution in [3.63, 3.8) is 0 Å². The summed E-state index contributed by atoms with van der Waals surface area (Å²) < 4.78 is 0.